The van der Waals surface area contributed by atoms with Crippen molar-refractivity contribution >= 4 is 34.2 Å². The Balaban J connectivity index is 1.61. The van der Waals surface area contributed by atoms with Crippen molar-refractivity contribution in [3.8, 4) is 17.1 Å². The summed E-state index contributed by atoms with van der Waals surface area (Å²) < 4.78 is 7.36. The number of anilines is 1. The molecular formula is C23H20ClN3O2. The molecule has 1 amide bonds. The summed E-state index contributed by atoms with van der Waals surface area (Å²) in [5.74, 6) is 1.37. The van der Waals surface area contributed by atoms with Crippen LogP contribution in [0.15, 0.2) is 72.8 Å². The van der Waals surface area contributed by atoms with Crippen molar-refractivity contribution in [1.29, 1.82) is 0 Å². The van der Waals surface area contributed by atoms with E-state index in [9.17, 15) is 4.79 Å². The minimum atomic E-state index is -0.132. The maximum absolute atomic E-state index is 12.8. The van der Waals surface area contributed by atoms with Gasteiger partial charge in [-0.25, -0.2) is 4.98 Å². The molecule has 0 aliphatic carbocycles. The number of fused-ring (bicyclic) bond motifs is 1. The Morgan fingerprint density at radius 3 is 2.48 bits per heavy atom. The smallest absolute Gasteiger partial charge is 0.244 e. The molecule has 29 heavy (non-hydrogen) atoms. The lowest BCUT2D eigenvalue weighted by Gasteiger charge is -2.11. The van der Waals surface area contributed by atoms with E-state index in [1.54, 1.807) is 0 Å². The number of amides is 1. The van der Waals surface area contributed by atoms with Crippen LogP contribution in [-0.2, 0) is 11.3 Å². The molecule has 0 fully saturated rings. The number of nitrogens with one attached hydrogen (secondary N) is 1. The van der Waals surface area contributed by atoms with Crippen LogP contribution in [0.5, 0.6) is 5.75 Å². The first-order valence-electron chi connectivity index (χ1n) is 9.38. The Morgan fingerprint density at radius 2 is 1.76 bits per heavy atom. The van der Waals surface area contributed by atoms with Crippen LogP contribution >= 0.6 is 11.6 Å². The van der Waals surface area contributed by atoms with Crippen LogP contribution in [0.25, 0.3) is 22.4 Å². The molecule has 0 atom stereocenters. The van der Waals surface area contributed by atoms with Gasteiger partial charge in [-0.15, -0.1) is 0 Å². The summed E-state index contributed by atoms with van der Waals surface area (Å²) in [5.41, 5.74) is 3.36. The van der Waals surface area contributed by atoms with E-state index in [1.165, 1.54) is 0 Å². The lowest BCUT2D eigenvalue weighted by atomic mass is 10.2. The maximum Gasteiger partial charge on any atom is 0.244 e. The monoisotopic (exact) mass is 405 g/mol. The van der Waals surface area contributed by atoms with Crippen LogP contribution in [0, 0.1) is 0 Å². The van der Waals surface area contributed by atoms with E-state index in [2.05, 4.69) is 5.32 Å². The van der Waals surface area contributed by atoms with Gasteiger partial charge >= 0.3 is 0 Å². The van der Waals surface area contributed by atoms with Crippen LogP contribution in [0.2, 0.25) is 5.02 Å². The van der Waals surface area contributed by atoms with Gasteiger partial charge in [-0.3, -0.25) is 4.79 Å². The second-order valence-corrected chi connectivity index (χ2v) is 6.96. The highest BCUT2D eigenvalue weighted by Gasteiger charge is 2.15. The number of imidazole rings is 1. The summed E-state index contributed by atoms with van der Waals surface area (Å²) in [6.45, 7) is 2.68. The van der Waals surface area contributed by atoms with Gasteiger partial charge in [0.15, 0.2) is 0 Å². The molecule has 0 saturated carbocycles. The molecular weight excluding hydrogens is 386 g/mol. The van der Waals surface area contributed by atoms with Crippen LogP contribution in [0.4, 0.5) is 5.69 Å². The van der Waals surface area contributed by atoms with Crippen LogP contribution < -0.4 is 10.1 Å². The highest BCUT2D eigenvalue weighted by molar-refractivity contribution is 6.30. The molecule has 0 aliphatic heterocycles. The third-order valence-corrected chi connectivity index (χ3v) is 4.76. The minimum absolute atomic E-state index is 0.132. The minimum Gasteiger partial charge on any atom is -0.494 e. The Morgan fingerprint density at radius 1 is 1.03 bits per heavy atom. The summed E-state index contributed by atoms with van der Waals surface area (Å²) in [7, 11) is 0. The molecule has 1 heterocycles. The lowest BCUT2D eigenvalue weighted by Crippen LogP contribution is -2.19. The molecule has 3 aromatic carbocycles. The molecule has 0 unspecified atom stereocenters. The van der Waals surface area contributed by atoms with Crippen LogP contribution in [-0.4, -0.2) is 22.1 Å². The van der Waals surface area contributed by atoms with E-state index >= 15 is 0 Å². The van der Waals surface area contributed by atoms with Gasteiger partial charge in [0, 0.05) is 16.3 Å². The predicted molar refractivity (Wildman–Crippen MR) is 116 cm³/mol. The number of aromatic nitrogens is 2. The van der Waals surface area contributed by atoms with Gasteiger partial charge in [-0.05, 0) is 67.6 Å². The first-order chi connectivity index (χ1) is 14.1. The number of halogens is 1. The quantitative estimate of drug-likeness (QED) is 0.467. The molecule has 1 N–H and O–H groups in total. The zero-order valence-electron chi connectivity index (χ0n) is 15.9. The summed E-state index contributed by atoms with van der Waals surface area (Å²) in [6, 6.07) is 22.6. The van der Waals surface area contributed by atoms with E-state index in [-0.39, 0.29) is 12.5 Å². The summed E-state index contributed by atoms with van der Waals surface area (Å²) >= 11 is 6.02. The van der Waals surface area contributed by atoms with E-state index in [4.69, 9.17) is 21.3 Å². The molecule has 1 aromatic heterocycles. The van der Waals surface area contributed by atoms with Crippen molar-refractivity contribution in [1.82, 2.24) is 9.55 Å². The fourth-order valence-corrected chi connectivity index (χ4v) is 3.33. The average Bonchev–Trinajstić information content (AvgIpc) is 3.09. The Labute approximate surface area is 173 Å². The van der Waals surface area contributed by atoms with E-state index < -0.39 is 0 Å². The zero-order valence-corrected chi connectivity index (χ0v) is 16.7. The fourth-order valence-electron chi connectivity index (χ4n) is 3.20. The molecule has 6 heteroatoms. The van der Waals surface area contributed by atoms with Crippen molar-refractivity contribution in [3.63, 3.8) is 0 Å². The second-order valence-electron chi connectivity index (χ2n) is 6.52. The number of hydrogen-bond donors (Lipinski definition) is 1. The normalized spacial score (nSPS) is 10.8. The van der Waals surface area contributed by atoms with Gasteiger partial charge in [0.05, 0.1) is 17.6 Å². The fraction of sp³-hybridized carbons (Fsp3) is 0.130. The lowest BCUT2D eigenvalue weighted by molar-refractivity contribution is -0.116. The topological polar surface area (TPSA) is 56.1 Å². The molecule has 0 radical (unpaired) electrons. The third kappa shape index (κ3) is 4.25. The van der Waals surface area contributed by atoms with Gasteiger partial charge in [0.2, 0.25) is 5.91 Å². The number of benzene rings is 3. The predicted octanol–water partition coefficient (Wildman–Crippen LogP) is 5.39. The molecule has 4 rings (SSSR count). The molecule has 0 spiro atoms. The summed E-state index contributed by atoms with van der Waals surface area (Å²) in [5, 5.41) is 3.59. The Kier molecular flexibility index (Phi) is 5.49. The number of hydrogen-bond acceptors (Lipinski definition) is 3. The number of ether oxygens (including phenoxy) is 1. The van der Waals surface area contributed by atoms with Crippen LogP contribution in [0.1, 0.15) is 6.92 Å². The molecule has 0 aliphatic rings. The number of carbonyl (C=O) groups is 1. The molecule has 146 valence electrons. The number of para-hydroxylation sites is 2. The first-order valence-corrected chi connectivity index (χ1v) is 9.76. The van der Waals surface area contributed by atoms with Gasteiger partial charge in [0.25, 0.3) is 0 Å². The van der Waals surface area contributed by atoms with Crippen LogP contribution in [0.3, 0.4) is 0 Å². The number of nitrogens with zero attached hydrogens (tertiary/aromatic N) is 2. The standard InChI is InChI=1S/C23H20ClN3O2/c1-2-29-19-13-11-18(12-14-19)25-22(28)15-27-21-6-4-3-5-20(21)26-23(27)16-7-9-17(24)10-8-16/h3-14H,2,15H2,1H3,(H,25,28). The molecule has 0 bridgehead atoms. The number of rotatable bonds is 6. The van der Waals surface area contributed by atoms with Crippen molar-refractivity contribution in [2.75, 3.05) is 11.9 Å². The summed E-state index contributed by atoms with van der Waals surface area (Å²) in [6.07, 6.45) is 0. The van der Waals surface area contributed by atoms with Crippen molar-refractivity contribution in [2.24, 2.45) is 0 Å². The zero-order chi connectivity index (χ0) is 20.2. The summed E-state index contributed by atoms with van der Waals surface area (Å²) in [4.78, 5) is 17.5. The maximum atomic E-state index is 12.8. The van der Waals surface area contributed by atoms with Gasteiger partial charge in [-0.1, -0.05) is 23.7 Å². The van der Waals surface area contributed by atoms with Gasteiger partial charge < -0.3 is 14.6 Å². The van der Waals surface area contributed by atoms with Crippen molar-refractivity contribution < 1.29 is 9.53 Å². The van der Waals surface area contributed by atoms with E-state index in [1.807, 2.05) is 84.3 Å². The molecule has 5 nitrogen and oxygen atoms in total. The highest BCUT2D eigenvalue weighted by Crippen LogP contribution is 2.26. The Bertz CT molecular complexity index is 1140. The SMILES string of the molecule is CCOc1ccc(NC(=O)Cn2c(-c3ccc(Cl)cc3)nc3ccccc32)cc1. The average molecular weight is 406 g/mol. The van der Waals surface area contributed by atoms with Crippen molar-refractivity contribution in [2.45, 2.75) is 13.5 Å². The highest BCUT2D eigenvalue weighted by atomic mass is 35.5. The number of carbonyl (C=O) groups excluding carboxylic acids is 1. The molecule has 4 aromatic rings. The van der Waals surface area contributed by atoms with Gasteiger partial charge in [0.1, 0.15) is 18.1 Å². The molecule has 0 saturated heterocycles. The largest absolute Gasteiger partial charge is 0.494 e. The Hall–Kier alpha value is -3.31. The van der Waals surface area contributed by atoms with Gasteiger partial charge in [-0.2, -0.15) is 0 Å². The van der Waals surface area contributed by atoms with Crippen molar-refractivity contribution in [3.05, 3.63) is 77.8 Å². The third-order valence-electron chi connectivity index (χ3n) is 4.51. The van der Waals surface area contributed by atoms with E-state index in [0.29, 0.717) is 11.6 Å². The van der Waals surface area contributed by atoms with E-state index in [0.717, 1.165) is 33.9 Å². The second kappa shape index (κ2) is 8.37. The first kappa shape index (κ1) is 19.0.